The van der Waals surface area contributed by atoms with Gasteiger partial charge in [-0.15, -0.1) is 11.3 Å². The van der Waals surface area contributed by atoms with Crippen molar-refractivity contribution in [3.05, 3.63) is 93.1 Å². The highest BCUT2D eigenvalue weighted by Gasteiger charge is 2.27. The zero-order valence-corrected chi connectivity index (χ0v) is 19.6. The summed E-state index contributed by atoms with van der Waals surface area (Å²) in [5.74, 6) is 0.427. The number of methoxy groups -OCH3 is 1. The quantitative estimate of drug-likeness (QED) is 0.319. The number of rotatable bonds is 5. The van der Waals surface area contributed by atoms with Crippen molar-refractivity contribution >= 4 is 40.3 Å². The van der Waals surface area contributed by atoms with E-state index in [9.17, 15) is 9.90 Å². The van der Waals surface area contributed by atoms with Crippen LogP contribution in [0.1, 0.15) is 20.9 Å². The smallest absolute Gasteiger partial charge is 0.205 e. The Hall–Kier alpha value is -3.55. The van der Waals surface area contributed by atoms with Gasteiger partial charge in [0.15, 0.2) is 0 Å². The number of hydrogen-bond donors (Lipinski definition) is 2. The van der Waals surface area contributed by atoms with Crippen LogP contribution in [0.5, 0.6) is 11.5 Å². The molecule has 0 saturated carbocycles. The van der Waals surface area contributed by atoms with Crippen LogP contribution >= 0.6 is 23.1 Å². The van der Waals surface area contributed by atoms with Gasteiger partial charge in [0.1, 0.15) is 11.5 Å². The van der Waals surface area contributed by atoms with Gasteiger partial charge in [-0.25, -0.2) is 4.98 Å². The summed E-state index contributed by atoms with van der Waals surface area (Å²) in [5, 5.41) is 16.9. The maximum atomic E-state index is 13.8. The maximum absolute atomic E-state index is 13.8. The zero-order chi connectivity index (χ0) is 22.9. The summed E-state index contributed by atoms with van der Waals surface area (Å²) in [7, 11) is 1.62. The van der Waals surface area contributed by atoms with Crippen molar-refractivity contribution in [2.75, 3.05) is 12.4 Å². The normalized spacial score (nSPS) is 12.8. The van der Waals surface area contributed by atoms with E-state index in [0.29, 0.717) is 10.6 Å². The van der Waals surface area contributed by atoms with Crippen LogP contribution in [0, 0.1) is 6.92 Å². The predicted molar refractivity (Wildman–Crippen MR) is 134 cm³/mol. The molecule has 7 heteroatoms. The third-order valence-electron chi connectivity index (χ3n) is 5.33. The number of para-hydroxylation sites is 1. The molecule has 0 fully saturated rings. The van der Waals surface area contributed by atoms with E-state index in [0.717, 1.165) is 38.2 Å². The number of fused-ring (bicyclic) bond motifs is 1. The molecule has 0 amide bonds. The van der Waals surface area contributed by atoms with Gasteiger partial charge < -0.3 is 15.2 Å². The molecule has 164 valence electrons. The van der Waals surface area contributed by atoms with E-state index in [1.165, 1.54) is 11.8 Å². The molecule has 0 radical (unpaired) electrons. The lowest BCUT2D eigenvalue weighted by Gasteiger charge is -2.24. The number of anilines is 1. The third kappa shape index (κ3) is 4.13. The molecule has 33 heavy (non-hydrogen) atoms. The number of phenolic OH excluding ortho intramolecular Hbond substituents is 1. The van der Waals surface area contributed by atoms with Crippen molar-refractivity contribution < 1.29 is 14.6 Å². The minimum Gasteiger partial charge on any atom is -0.507 e. The highest BCUT2D eigenvalue weighted by molar-refractivity contribution is 8.04. The molecule has 0 spiro atoms. The lowest BCUT2D eigenvalue weighted by Crippen LogP contribution is -2.13. The van der Waals surface area contributed by atoms with Crippen LogP contribution in [0.2, 0.25) is 0 Å². The van der Waals surface area contributed by atoms with E-state index < -0.39 is 0 Å². The van der Waals surface area contributed by atoms with Crippen molar-refractivity contribution in [3.63, 3.8) is 0 Å². The molecule has 0 bridgehead atoms. The fourth-order valence-electron chi connectivity index (χ4n) is 3.63. The van der Waals surface area contributed by atoms with Gasteiger partial charge in [-0.1, -0.05) is 23.9 Å². The Labute approximate surface area is 199 Å². The van der Waals surface area contributed by atoms with E-state index in [1.54, 1.807) is 36.6 Å². The fraction of sp³-hybridized carbons (Fsp3) is 0.0769. The number of Topliss-reactive ketones (excluding diaryl/α,β-unsaturated/α-hetero) is 1. The molecule has 1 aliphatic heterocycles. The molecule has 0 saturated heterocycles. The van der Waals surface area contributed by atoms with E-state index in [4.69, 9.17) is 4.74 Å². The number of phenols is 1. The number of nitrogens with one attached hydrogen (secondary N) is 1. The highest BCUT2D eigenvalue weighted by Crippen LogP contribution is 2.45. The summed E-state index contributed by atoms with van der Waals surface area (Å²) in [6.07, 6.45) is 0. The van der Waals surface area contributed by atoms with Gasteiger partial charge in [0, 0.05) is 15.8 Å². The summed E-state index contributed by atoms with van der Waals surface area (Å²) in [6.45, 7) is 1.94. The highest BCUT2D eigenvalue weighted by atomic mass is 32.2. The summed E-state index contributed by atoms with van der Waals surface area (Å²) in [6, 6.07) is 20.4. The van der Waals surface area contributed by atoms with E-state index in [1.807, 2.05) is 60.8 Å². The Morgan fingerprint density at radius 3 is 2.52 bits per heavy atom. The number of carbonyl (C=O) groups excluding carboxylic acids is 1. The number of aromatic hydroxyl groups is 1. The summed E-state index contributed by atoms with van der Waals surface area (Å²) in [5.41, 5.74) is 4.30. The van der Waals surface area contributed by atoms with Crippen molar-refractivity contribution in [1.82, 2.24) is 4.98 Å². The minimum absolute atomic E-state index is 0.0586. The van der Waals surface area contributed by atoms with Crippen LogP contribution in [0.15, 0.2) is 81.9 Å². The Kier molecular flexibility index (Phi) is 5.66. The van der Waals surface area contributed by atoms with E-state index in [-0.39, 0.29) is 17.1 Å². The number of ketones is 1. The number of benzene rings is 3. The van der Waals surface area contributed by atoms with Gasteiger partial charge in [-0.2, -0.15) is 0 Å². The summed E-state index contributed by atoms with van der Waals surface area (Å²) >= 11 is 2.95. The molecule has 4 aromatic rings. The molecule has 5 nitrogen and oxygen atoms in total. The molecule has 1 aromatic heterocycles. The molecule has 0 atom stereocenters. The Morgan fingerprint density at radius 2 is 1.79 bits per heavy atom. The van der Waals surface area contributed by atoms with Gasteiger partial charge in [0.25, 0.3) is 0 Å². The molecule has 2 N–H and O–H groups in total. The van der Waals surface area contributed by atoms with Crippen LogP contribution in [0.25, 0.3) is 17.0 Å². The van der Waals surface area contributed by atoms with Crippen LogP contribution < -0.4 is 10.1 Å². The second-order valence-corrected chi connectivity index (χ2v) is 9.58. The second-order valence-electron chi connectivity index (χ2n) is 7.47. The SMILES string of the molecule is COc1ccc(C2=C(C(=O)c3cc(-c4csc(C)n4)ccc3O)Sc3ccccc3N2)cc1. The Bertz CT molecular complexity index is 1390. The fourth-order valence-corrected chi connectivity index (χ4v) is 5.32. The van der Waals surface area contributed by atoms with Crippen LogP contribution in [0.4, 0.5) is 5.69 Å². The number of thioether (sulfide) groups is 1. The largest absolute Gasteiger partial charge is 0.507 e. The van der Waals surface area contributed by atoms with Crippen molar-refractivity contribution in [3.8, 4) is 22.8 Å². The molecule has 3 aromatic carbocycles. The molecule has 2 heterocycles. The molecular weight excluding hydrogens is 452 g/mol. The number of ether oxygens (including phenoxy) is 1. The average molecular weight is 473 g/mol. The first-order chi connectivity index (χ1) is 16.0. The van der Waals surface area contributed by atoms with Gasteiger partial charge in [0.05, 0.1) is 39.7 Å². The third-order valence-corrected chi connectivity index (χ3v) is 7.27. The molecule has 0 aliphatic carbocycles. The van der Waals surface area contributed by atoms with Crippen LogP contribution in [-0.4, -0.2) is 23.0 Å². The number of thiazole rings is 1. The number of aryl methyl sites for hydroxylation is 1. The van der Waals surface area contributed by atoms with Gasteiger partial charge in [-0.05, 0) is 67.1 Å². The van der Waals surface area contributed by atoms with Gasteiger partial charge in [0.2, 0.25) is 5.78 Å². The first-order valence-corrected chi connectivity index (χ1v) is 12.0. The Balaban J connectivity index is 1.62. The minimum atomic E-state index is -0.251. The average Bonchev–Trinajstić information content (AvgIpc) is 3.29. The van der Waals surface area contributed by atoms with Crippen molar-refractivity contribution in [2.45, 2.75) is 11.8 Å². The van der Waals surface area contributed by atoms with Crippen molar-refractivity contribution in [1.29, 1.82) is 0 Å². The predicted octanol–water partition coefficient (Wildman–Crippen LogP) is 6.60. The molecule has 0 unspecified atom stereocenters. The van der Waals surface area contributed by atoms with Gasteiger partial charge >= 0.3 is 0 Å². The van der Waals surface area contributed by atoms with E-state index >= 15 is 0 Å². The monoisotopic (exact) mass is 472 g/mol. The number of nitrogens with zero attached hydrogens (tertiary/aromatic N) is 1. The first kappa shape index (κ1) is 21.3. The number of allylic oxidation sites excluding steroid dienone is 1. The Morgan fingerprint density at radius 1 is 1.03 bits per heavy atom. The second kappa shape index (κ2) is 8.77. The van der Waals surface area contributed by atoms with Crippen LogP contribution in [-0.2, 0) is 0 Å². The molecule has 5 rings (SSSR count). The zero-order valence-electron chi connectivity index (χ0n) is 18.0. The molecular formula is C26H20N2O3S2. The maximum Gasteiger partial charge on any atom is 0.205 e. The van der Waals surface area contributed by atoms with Crippen LogP contribution in [0.3, 0.4) is 0 Å². The van der Waals surface area contributed by atoms with Crippen molar-refractivity contribution in [2.24, 2.45) is 0 Å². The van der Waals surface area contributed by atoms with E-state index in [2.05, 4.69) is 10.3 Å². The topological polar surface area (TPSA) is 71.5 Å². The standard InChI is InChI=1S/C26H20N2O3S2/c1-15-27-21(14-32-15)17-9-12-22(29)19(13-17)25(30)26-24(16-7-10-18(31-2)11-8-16)28-20-5-3-4-6-23(20)33-26/h3-14,28-29H,1-2H3. The number of aromatic nitrogens is 1. The van der Waals surface area contributed by atoms with Gasteiger partial charge in [-0.3, -0.25) is 4.79 Å². The first-order valence-electron chi connectivity index (χ1n) is 10.3. The number of hydrogen-bond acceptors (Lipinski definition) is 7. The molecule has 1 aliphatic rings. The summed E-state index contributed by atoms with van der Waals surface area (Å²) in [4.78, 5) is 19.8. The lowest BCUT2D eigenvalue weighted by molar-refractivity contribution is 0.104. The summed E-state index contributed by atoms with van der Waals surface area (Å²) < 4.78 is 5.28. The lowest BCUT2D eigenvalue weighted by atomic mass is 10.0. The number of carbonyl (C=O) groups is 1.